The summed E-state index contributed by atoms with van der Waals surface area (Å²) in [6, 6.07) is 4.52. The maximum Gasteiger partial charge on any atom is 0.240 e. The molecular formula is C14H21BrN2O3S. The summed E-state index contributed by atoms with van der Waals surface area (Å²) in [5, 5.41) is 0. The zero-order valence-corrected chi connectivity index (χ0v) is 14.4. The molecular weight excluding hydrogens is 356 g/mol. The van der Waals surface area contributed by atoms with Crippen molar-refractivity contribution in [1.82, 2.24) is 4.72 Å². The first-order valence-electron chi connectivity index (χ1n) is 7.04. The van der Waals surface area contributed by atoms with E-state index in [0.29, 0.717) is 22.7 Å². The first kappa shape index (κ1) is 16.7. The van der Waals surface area contributed by atoms with Crippen molar-refractivity contribution in [3.8, 4) is 5.75 Å². The minimum absolute atomic E-state index is 0.196. The second-order valence-corrected chi connectivity index (χ2v) is 7.87. The summed E-state index contributed by atoms with van der Waals surface area (Å²) < 4.78 is 33.4. The molecule has 7 heteroatoms. The predicted octanol–water partition coefficient (Wildman–Crippen LogP) is 2.25. The molecule has 0 aliphatic heterocycles. The van der Waals surface area contributed by atoms with Crippen LogP contribution in [0.25, 0.3) is 0 Å². The Morgan fingerprint density at radius 1 is 1.43 bits per heavy atom. The van der Waals surface area contributed by atoms with Gasteiger partial charge < -0.3 is 10.5 Å². The van der Waals surface area contributed by atoms with Crippen molar-refractivity contribution in [3.63, 3.8) is 0 Å². The first-order chi connectivity index (χ1) is 9.97. The van der Waals surface area contributed by atoms with Crippen molar-refractivity contribution in [1.29, 1.82) is 0 Å². The summed E-state index contributed by atoms with van der Waals surface area (Å²) in [5.74, 6) is 0.937. The molecule has 0 saturated heterocycles. The van der Waals surface area contributed by atoms with Gasteiger partial charge in [0.05, 0.1) is 16.5 Å². The second-order valence-electron chi connectivity index (χ2n) is 5.30. The van der Waals surface area contributed by atoms with Gasteiger partial charge in [0.1, 0.15) is 5.75 Å². The lowest BCUT2D eigenvalue weighted by Crippen LogP contribution is -2.44. The molecule has 1 aliphatic rings. The number of halogens is 1. The van der Waals surface area contributed by atoms with Crippen molar-refractivity contribution < 1.29 is 13.2 Å². The number of nitrogens with one attached hydrogen (secondary N) is 1. The number of ether oxygens (including phenoxy) is 1. The van der Waals surface area contributed by atoms with Gasteiger partial charge in [0.2, 0.25) is 10.0 Å². The number of nitrogens with two attached hydrogens (primary N) is 1. The maximum atomic E-state index is 12.5. The SMILES string of the molecule is COc1ccc(S(=O)(=O)NC(CN)C2CCCC2)cc1Br. The minimum Gasteiger partial charge on any atom is -0.496 e. The Labute approximate surface area is 134 Å². The number of hydrogen-bond donors (Lipinski definition) is 2. The van der Waals surface area contributed by atoms with Crippen LogP contribution in [-0.2, 0) is 10.0 Å². The molecule has 1 unspecified atom stereocenters. The van der Waals surface area contributed by atoms with Gasteiger partial charge in [-0.1, -0.05) is 12.8 Å². The van der Waals surface area contributed by atoms with Crippen LogP contribution in [0.2, 0.25) is 0 Å². The van der Waals surface area contributed by atoms with E-state index in [4.69, 9.17) is 10.5 Å². The third kappa shape index (κ3) is 3.97. The Kier molecular flexibility index (Phi) is 5.65. The molecule has 0 heterocycles. The zero-order chi connectivity index (χ0) is 15.5. The molecule has 1 saturated carbocycles. The number of hydrogen-bond acceptors (Lipinski definition) is 4. The standard InChI is InChI=1S/C14H21BrN2O3S/c1-20-14-7-6-11(8-12(14)15)21(18,19)17-13(9-16)10-4-2-3-5-10/h6-8,10,13,17H,2-5,9,16H2,1H3. The molecule has 1 fully saturated rings. The van der Waals surface area contributed by atoms with Crippen molar-refractivity contribution >= 4 is 26.0 Å². The van der Waals surface area contributed by atoms with Crippen LogP contribution in [0, 0.1) is 5.92 Å². The third-order valence-electron chi connectivity index (χ3n) is 3.96. The first-order valence-corrected chi connectivity index (χ1v) is 9.31. The molecule has 1 aromatic rings. The molecule has 1 aliphatic carbocycles. The minimum atomic E-state index is -3.57. The van der Waals surface area contributed by atoms with Gasteiger partial charge in [-0.25, -0.2) is 13.1 Å². The van der Waals surface area contributed by atoms with E-state index in [1.54, 1.807) is 12.1 Å². The predicted molar refractivity (Wildman–Crippen MR) is 85.8 cm³/mol. The molecule has 5 nitrogen and oxygen atoms in total. The van der Waals surface area contributed by atoms with Gasteiger partial charge >= 0.3 is 0 Å². The van der Waals surface area contributed by atoms with Crippen LogP contribution in [0.3, 0.4) is 0 Å². The Balaban J connectivity index is 2.18. The molecule has 3 N–H and O–H groups in total. The highest BCUT2D eigenvalue weighted by Gasteiger charge is 2.28. The molecule has 118 valence electrons. The van der Waals surface area contributed by atoms with Gasteiger partial charge in [-0.3, -0.25) is 0 Å². The van der Waals surface area contributed by atoms with Crippen LogP contribution < -0.4 is 15.2 Å². The highest BCUT2D eigenvalue weighted by Crippen LogP contribution is 2.30. The number of benzene rings is 1. The summed E-state index contributed by atoms with van der Waals surface area (Å²) >= 11 is 3.31. The van der Waals surface area contributed by atoms with Crippen molar-refractivity contribution in [2.75, 3.05) is 13.7 Å². The number of rotatable bonds is 6. The van der Waals surface area contributed by atoms with E-state index in [2.05, 4.69) is 20.7 Å². The van der Waals surface area contributed by atoms with E-state index < -0.39 is 10.0 Å². The lowest BCUT2D eigenvalue weighted by molar-refractivity contribution is 0.405. The zero-order valence-electron chi connectivity index (χ0n) is 12.0. The van der Waals surface area contributed by atoms with Crippen LogP contribution >= 0.6 is 15.9 Å². The fourth-order valence-electron chi connectivity index (χ4n) is 2.78. The molecule has 0 bridgehead atoms. The van der Waals surface area contributed by atoms with E-state index in [-0.39, 0.29) is 10.9 Å². The highest BCUT2D eigenvalue weighted by molar-refractivity contribution is 9.10. The molecule has 21 heavy (non-hydrogen) atoms. The van der Waals surface area contributed by atoms with E-state index in [1.807, 2.05) is 0 Å². The smallest absolute Gasteiger partial charge is 0.240 e. The average Bonchev–Trinajstić information content (AvgIpc) is 2.98. The van der Waals surface area contributed by atoms with Gasteiger partial charge in [0, 0.05) is 12.6 Å². The summed E-state index contributed by atoms with van der Waals surface area (Å²) in [6.45, 7) is 0.321. The molecule has 0 aromatic heterocycles. The summed E-state index contributed by atoms with van der Waals surface area (Å²) in [7, 11) is -2.03. The summed E-state index contributed by atoms with van der Waals surface area (Å²) in [6.07, 6.45) is 4.38. The van der Waals surface area contributed by atoms with E-state index in [9.17, 15) is 8.42 Å². The quantitative estimate of drug-likeness (QED) is 0.797. The van der Waals surface area contributed by atoms with Crippen molar-refractivity contribution in [3.05, 3.63) is 22.7 Å². The maximum absolute atomic E-state index is 12.5. The molecule has 2 rings (SSSR count). The van der Waals surface area contributed by atoms with Crippen LogP contribution in [-0.4, -0.2) is 28.1 Å². The molecule has 0 spiro atoms. The van der Waals surface area contributed by atoms with Gasteiger partial charge in [-0.15, -0.1) is 0 Å². The lowest BCUT2D eigenvalue weighted by Gasteiger charge is -2.23. The normalized spacial score (nSPS) is 17.9. The molecule has 0 amide bonds. The molecule has 1 atom stereocenters. The third-order valence-corrected chi connectivity index (χ3v) is 6.07. The summed E-state index contributed by atoms with van der Waals surface area (Å²) in [4.78, 5) is 0.214. The van der Waals surface area contributed by atoms with Crippen molar-refractivity contribution in [2.45, 2.75) is 36.6 Å². The Bertz CT molecular complexity index is 586. The number of sulfonamides is 1. The van der Waals surface area contributed by atoms with Gasteiger partial charge in [-0.05, 0) is 52.9 Å². The molecule has 0 radical (unpaired) electrons. The van der Waals surface area contributed by atoms with Gasteiger partial charge in [0.15, 0.2) is 0 Å². The van der Waals surface area contributed by atoms with E-state index >= 15 is 0 Å². The van der Waals surface area contributed by atoms with Crippen LogP contribution in [0.5, 0.6) is 5.75 Å². The summed E-state index contributed by atoms with van der Waals surface area (Å²) in [5.41, 5.74) is 5.76. The van der Waals surface area contributed by atoms with Crippen LogP contribution in [0.4, 0.5) is 0 Å². The fourth-order valence-corrected chi connectivity index (χ4v) is 4.81. The largest absolute Gasteiger partial charge is 0.496 e. The average molecular weight is 377 g/mol. The van der Waals surface area contributed by atoms with Crippen molar-refractivity contribution in [2.24, 2.45) is 11.7 Å². The van der Waals surface area contributed by atoms with Crippen LogP contribution in [0.1, 0.15) is 25.7 Å². The highest BCUT2D eigenvalue weighted by atomic mass is 79.9. The van der Waals surface area contributed by atoms with Crippen LogP contribution in [0.15, 0.2) is 27.6 Å². The van der Waals surface area contributed by atoms with Gasteiger partial charge in [-0.2, -0.15) is 0 Å². The Hall–Kier alpha value is -0.630. The van der Waals surface area contributed by atoms with Gasteiger partial charge in [0.25, 0.3) is 0 Å². The monoisotopic (exact) mass is 376 g/mol. The second kappa shape index (κ2) is 7.09. The fraction of sp³-hybridized carbons (Fsp3) is 0.571. The topological polar surface area (TPSA) is 81.4 Å². The van der Waals surface area contributed by atoms with E-state index in [1.165, 1.54) is 13.2 Å². The Morgan fingerprint density at radius 3 is 2.62 bits per heavy atom. The molecule has 1 aromatic carbocycles. The number of methoxy groups -OCH3 is 1. The van der Waals surface area contributed by atoms with E-state index in [0.717, 1.165) is 25.7 Å². The lowest BCUT2D eigenvalue weighted by atomic mass is 9.99. The Morgan fingerprint density at radius 2 is 2.10 bits per heavy atom.